The summed E-state index contributed by atoms with van der Waals surface area (Å²) in [7, 11) is 1.79. The van der Waals surface area contributed by atoms with Crippen LogP contribution in [0.25, 0.3) is 0 Å². The Morgan fingerprint density at radius 1 is 1.05 bits per heavy atom. The van der Waals surface area contributed by atoms with Crippen molar-refractivity contribution >= 4 is 29.9 Å². The Bertz CT molecular complexity index is 274. The first kappa shape index (κ1) is 24.2. The summed E-state index contributed by atoms with van der Waals surface area (Å²) in [6.45, 7) is 13.8. The molecule has 1 atom stereocenters. The molecule has 0 amide bonds. The molecule has 0 bridgehead atoms. The van der Waals surface area contributed by atoms with Gasteiger partial charge in [0.1, 0.15) is 0 Å². The van der Waals surface area contributed by atoms with Crippen LogP contribution in [0.3, 0.4) is 0 Å². The van der Waals surface area contributed by atoms with Gasteiger partial charge in [0.25, 0.3) is 0 Å². The van der Waals surface area contributed by atoms with Gasteiger partial charge in [-0.3, -0.25) is 4.99 Å². The normalized spacial score (nSPS) is 13.2. The molecule has 5 nitrogen and oxygen atoms in total. The zero-order chi connectivity index (χ0) is 16.1. The number of rotatable bonds is 11. The van der Waals surface area contributed by atoms with Crippen LogP contribution in [0, 0.1) is 5.92 Å². The maximum absolute atomic E-state index is 5.74. The maximum atomic E-state index is 5.74. The minimum absolute atomic E-state index is 0. The van der Waals surface area contributed by atoms with E-state index in [1.807, 2.05) is 6.92 Å². The zero-order valence-electron chi connectivity index (χ0n) is 15.1. The first-order chi connectivity index (χ1) is 10.0. The number of ether oxygens (including phenoxy) is 2. The fourth-order valence-electron chi connectivity index (χ4n) is 1.97. The van der Waals surface area contributed by atoms with Gasteiger partial charge in [0.15, 0.2) is 5.96 Å². The van der Waals surface area contributed by atoms with E-state index < -0.39 is 0 Å². The first-order valence-electron chi connectivity index (χ1n) is 8.18. The van der Waals surface area contributed by atoms with Crippen molar-refractivity contribution in [3.63, 3.8) is 0 Å². The number of aliphatic imine (C=N–C) groups is 1. The van der Waals surface area contributed by atoms with Gasteiger partial charge in [0.2, 0.25) is 0 Å². The summed E-state index contributed by atoms with van der Waals surface area (Å²) in [5, 5.41) is 6.63. The van der Waals surface area contributed by atoms with Gasteiger partial charge in [-0.05, 0) is 39.5 Å². The average Bonchev–Trinajstić information content (AvgIpc) is 2.43. The Hall–Kier alpha value is -0.0800. The highest BCUT2D eigenvalue weighted by Crippen LogP contribution is 2.09. The number of nitrogens with zero attached hydrogens (tertiary/aromatic N) is 1. The van der Waals surface area contributed by atoms with Gasteiger partial charge in [-0.2, -0.15) is 0 Å². The Morgan fingerprint density at radius 2 is 1.68 bits per heavy atom. The number of halogens is 1. The fraction of sp³-hybridized carbons (Fsp3) is 0.938. The van der Waals surface area contributed by atoms with Gasteiger partial charge in [0, 0.05) is 33.4 Å². The van der Waals surface area contributed by atoms with Crippen LogP contribution in [0.1, 0.15) is 47.5 Å². The molecule has 0 aliphatic heterocycles. The molecule has 6 heteroatoms. The summed E-state index contributed by atoms with van der Waals surface area (Å²) in [4.78, 5) is 4.22. The van der Waals surface area contributed by atoms with Crippen molar-refractivity contribution in [2.45, 2.75) is 59.7 Å². The van der Waals surface area contributed by atoms with Gasteiger partial charge in [-0.15, -0.1) is 24.0 Å². The smallest absolute Gasteiger partial charge is 0.190 e. The Labute approximate surface area is 154 Å². The molecule has 0 aliphatic carbocycles. The van der Waals surface area contributed by atoms with Gasteiger partial charge >= 0.3 is 0 Å². The second-order valence-corrected chi connectivity index (χ2v) is 5.73. The van der Waals surface area contributed by atoms with E-state index in [1.165, 1.54) is 0 Å². The lowest BCUT2D eigenvalue weighted by Crippen LogP contribution is -2.39. The zero-order valence-corrected chi connectivity index (χ0v) is 17.5. The van der Waals surface area contributed by atoms with Gasteiger partial charge in [0.05, 0.1) is 12.2 Å². The summed E-state index contributed by atoms with van der Waals surface area (Å²) >= 11 is 0. The number of hydrogen-bond donors (Lipinski definition) is 2. The summed E-state index contributed by atoms with van der Waals surface area (Å²) in [5.74, 6) is 1.38. The molecule has 0 aromatic rings. The SMILES string of the molecule is CCOC(CCNC(=NC)NCCCOC(C)C)C(C)C.I. The van der Waals surface area contributed by atoms with E-state index in [0.29, 0.717) is 18.1 Å². The van der Waals surface area contributed by atoms with E-state index in [9.17, 15) is 0 Å². The highest BCUT2D eigenvalue weighted by Gasteiger charge is 2.12. The van der Waals surface area contributed by atoms with Crippen molar-refractivity contribution in [1.82, 2.24) is 10.6 Å². The van der Waals surface area contributed by atoms with E-state index in [4.69, 9.17) is 9.47 Å². The second-order valence-electron chi connectivity index (χ2n) is 5.73. The second kappa shape index (κ2) is 15.8. The lowest BCUT2D eigenvalue weighted by Gasteiger charge is -2.21. The van der Waals surface area contributed by atoms with Crippen LogP contribution in [-0.2, 0) is 9.47 Å². The first-order valence-corrected chi connectivity index (χ1v) is 8.18. The van der Waals surface area contributed by atoms with Gasteiger partial charge < -0.3 is 20.1 Å². The van der Waals surface area contributed by atoms with Crippen LogP contribution in [0.2, 0.25) is 0 Å². The highest BCUT2D eigenvalue weighted by atomic mass is 127. The molecule has 1 unspecified atom stereocenters. The predicted molar refractivity (Wildman–Crippen MR) is 105 cm³/mol. The van der Waals surface area contributed by atoms with Crippen molar-refractivity contribution in [2.75, 3.05) is 33.4 Å². The van der Waals surface area contributed by atoms with Gasteiger partial charge in [-0.1, -0.05) is 13.8 Å². The average molecular weight is 429 g/mol. The van der Waals surface area contributed by atoms with Crippen molar-refractivity contribution in [3.05, 3.63) is 0 Å². The third kappa shape index (κ3) is 13.6. The molecular formula is C16H36IN3O2. The molecule has 0 aliphatic rings. The topological polar surface area (TPSA) is 54.9 Å². The van der Waals surface area contributed by atoms with E-state index >= 15 is 0 Å². The van der Waals surface area contributed by atoms with Gasteiger partial charge in [-0.25, -0.2) is 0 Å². The number of guanidine groups is 1. The van der Waals surface area contributed by atoms with Crippen LogP contribution in [-0.4, -0.2) is 51.5 Å². The van der Waals surface area contributed by atoms with Crippen LogP contribution < -0.4 is 10.6 Å². The summed E-state index contributed by atoms with van der Waals surface area (Å²) in [6.07, 6.45) is 2.57. The summed E-state index contributed by atoms with van der Waals surface area (Å²) in [6, 6.07) is 0. The lowest BCUT2D eigenvalue weighted by atomic mass is 10.0. The standard InChI is InChI=1S/C16H35N3O2.HI/c1-7-20-15(13(2)3)9-11-19-16(17-6)18-10-8-12-21-14(4)5;/h13-15H,7-12H2,1-6H3,(H2,17,18,19);1H. The van der Waals surface area contributed by atoms with E-state index in [0.717, 1.165) is 45.1 Å². The predicted octanol–water partition coefficient (Wildman–Crippen LogP) is 3.04. The fourth-order valence-corrected chi connectivity index (χ4v) is 1.97. The lowest BCUT2D eigenvalue weighted by molar-refractivity contribution is 0.0258. The Balaban J connectivity index is 0. The molecule has 134 valence electrons. The molecule has 0 radical (unpaired) electrons. The number of nitrogens with one attached hydrogen (secondary N) is 2. The van der Waals surface area contributed by atoms with Crippen molar-refractivity contribution in [2.24, 2.45) is 10.9 Å². The summed E-state index contributed by atoms with van der Waals surface area (Å²) in [5.41, 5.74) is 0. The molecule has 0 saturated heterocycles. The molecule has 0 fully saturated rings. The highest BCUT2D eigenvalue weighted by molar-refractivity contribution is 14.0. The minimum Gasteiger partial charge on any atom is -0.379 e. The van der Waals surface area contributed by atoms with E-state index in [2.05, 4.69) is 43.3 Å². The van der Waals surface area contributed by atoms with E-state index in [-0.39, 0.29) is 24.0 Å². The third-order valence-corrected chi connectivity index (χ3v) is 3.13. The maximum Gasteiger partial charge on any atom is 0.190 e. The molecule has 22 heavy (non-hydrogen) atoms. The van der Waals surface area contributed by atoms with Crippen LogP contribution in [0.4, 0.5) is 0 Å². The Kier molecular flexibility index (Phi) is 17.4. The molecule has 2 N–H and O–H groups in total. The van der Waals surface area contributed by atoms with E-state index in [1.54, 1.807) is 7.05 Å². The quantitative estimate of drug-likeness (QED) is 0.230. The Morgan fingerprint density at radius 3 is 2.18 bits per heavy atom. The van der Waals surface area contributed by atoms with Crippen molar-refractivity contribution in [1.29, 1.82) is 0 Å². The summed E-state index contributed by atoms with van der Waals surface area (Å²) < 4.78 is 11.2. The largest absolute Gasteiger partial charge is 0.379 e. The molecule has 0 saturated carbocycles. The molecule has 0 heterocycles. The third-order valence-electron chi connectivity index (χ3n) is 3.13. The van der Waals surface area contributed by atoms with Crippen molar-refractivity contribution in [3.8, 4) is 0 Å². The number of hydrogen-bond acceptors (Lipinski definition) is 3. The molecule has 0 aromatic heterocycles. The van der Waals surface area contributed by atoms with Crippen LogP contribution >= 0.6 is 24.0 Å². The molecule has 0 spiro atoms. The minimum atomic E-state index is 0. The monoisotopic (exact) mass is 429 g/mol. The van der Waals surface area contributed by atoms with Crippen LogP contribution in [0.15, 0.2) is 4.99 Å². The molecule has 0 rings (SSSR count). The van der Waals surface area contributed by atoms with Crippen molar-refractivity contribution < 1.29 is 9.47 Å². The molecule has 0 aromatic carbocycles. The van der Waals surface area contributed by atoms with Crippen LogP contribution in [0.5, 0.6) is 0 Å². The molecular weight excluding hydrogens is 393 g/mol.